The zero-order valence-electron chi connectivity index (χ0n) is 15.0. The summed E-state index contributed by atoms with van der Waals surface area (Å²) in [4.78, 5) is 21.5. The molecule has 2 aliphatic heterocycles. The Hall–Kier alpha value is -3.29. The van der Waals surface area contributed by atoms with Gasteiger partial charge in [-0.3, -0.25) is 4.79 Å². The normalized spacial score (nSPS) is 16.2. The maximum atomic E-state index is 12.8. The smallest absolute Gasteiger partial charge is 0.254 e. The third-order valence-corrected chi connectivity index (χ3v) is 4.98. The molecule has 4 heterocycles. The van der Waals surface area contributed by atoms with E-state index in [9.17, 15) is 4.79 Å². The summed E-state index contributed by atoms with van der Waals surface area (Å²) in [5.74, 6) is 2.24. The monoisotopic (exact) mass is 365 g/mol. The molecule has 0 radical (unpaired) electrons. The summed E-state index contributed by atoms with van der Waals surface area (Å²) in [5.41, 5.74) is 2.57. The van der Waals surface area contributed by atoms with E-state index in [0.29, 0.717) is 30.2 Å². The zero-order valence-corrected chi connectivity index (χ0v) is 15.0. The summed E-state index contributed by atoms with van der Waals surface area (Å²) in [5, 5.41) is 4.44. The van der Waals surface area contributed by atoms with Crippen molar-refractivity contribution in [2.24, 2.45) is 0 Å². The molecule has 0 atom stereocenters. The third-order valence-electron chi connectivity index (χ3n) is 4.98. The first-order chi connectivity index (χ1) is 13.2. The zero-order chi connectivity index (χ0) is 18.4. The van der Waals surface area contributed by atoms with Gasteiger partial charge < -0.3 is 19.3 Å². The number of amides is 1. The van der Waals surface area contributed by atoms with Crippen molar-refractivity contribution in [3.05, 3.63) is 47.9 Å². The molecule has 0 spiro atoms. The van der Waals surface area contributed by atoms with Crippen molar-refractivity contribution >= 4 is 17.2 Å². The second-order valence-electron chi connectivity index (χ2n) is 6.71. The molecule has 138 valence electrons. The highest BCUT2D eigenvalue weighted by Crippen LogP contribution is 2.33. The van der Waals surface area contributed by atoms with Gasteiger partial charge in [0.05, 0.1) is 5.69 Å². The predicted molar refractivity (Wildman–Crippen MR) is 98.4 cm³/mol. The molecule has 0 unspecified atom stereocenters. The molecule has 3 aromatic rings. The molecule has 1 fully saturated rings. The Labute approximate surface area is 155 Å². The Morgan fingerprint density at radius 1 is 1.07 bits per heavy atom. The quantitative estimate of drug-likeness (QED) is 0.689. The molecule has 1 aromatic carbocycles. The fourth-order valence-electron chi connectivity index (χ4n) is 3.61. The van der Waals surface area contributed by atoms with Crippen LogP contribution >= 0.6 is 0 Å². The van der Waals surface area contributed by atoms with Gasteiger partial charge in [-0.05, 0) is 31.2 Å². The minimum Gasteiger partial charge on any atom is -0.454 e. The molecule has 1 amide bonds. The van der Waals surface area contributed by atoms with Gasteiger partial charge in [0.15, 0.2) is 17.3 Å². The number of piperazine rings is 1. The van der Waals surface area contributed by atoms with Crippen molar-refractivity contribution in [1.82, 2.24) is 19.5 Å². The highest BCUT2D eigenvalue weighted by molar-refractivity contribution is 5.95. The van der Waals surface area contributed by atoms with Gasteiger partial charge in [-0.2, -0.15) is 5.10 Å². The maximum absolute atomic E-state index is 12.8. The second-order valence-corrected chi connectivity index (χ2v) is 6.71. The van der Waals surface area contributed by atoms with Gasteiger partial charge in [0.1, 0.15) is 5.52 Å². The summed E-state index contributed by atoms with van der Waals surface area (Å²) in [6.45, 7) is 4.92. The molecule has 0 N–H and O–H groups in total. The van der Waals surface area contributed by atoms with Gasteiger partial charge in [0.25, 0.3) is 5.91 Å². The number of aryl methyl sites for hydroxylation is 1. The van der Waals surface area contributed by atoms with Crippen molar-refractivity contribution in [2.75, 3.05) is 37.9 Å². The van der Waals surface area contributed by atoms with Crippen molar-refractivity contribution in [3.63, 3.8) is 0 Å². The number of hydrogen-bond donors (Lipinski definition) is 0. The summed E-state index contributed by atoms with van der Waals surface area (Å²) < 4.78 is 12.5. The van der Waals surface area contributed by atoms with Gasteiger partial charge in [0, 0.05) is 44.1 Å². The van der Waals surface area contributed by atoms with Crippen LogP contribution in [0.2, 0.25) is 0 Å². The lowest BCUT2D eigenvalue weighted by Crippen LogP contribution is -2.49. The largest absolute Gasteiger partial charge is 0.454 e. The molecule has 0 aliphatic carbocycles. The minimum absolute atomic E-state index is 0.0133. The molecule has 0 bridgehead atoms. The lowest BCUT2D eigenvalue weighted by molar-refractivity contribution is 0.0746. The maximum Gasteiger partial charge on any atom is 0.254 e. The van der Waals surface area contributed by atoms with E-state index in [1.54, 1.807) is 24.4 Å². The van der Waals surface area contributed by atoms with Crippen LogP contribution in [0.5, 0.6) is 11.5 Å². The van der Waals surface area contributed by atoms with E-state index in [1.807, 2.05) is 28.6 Å². The number of carbonyl (C=O) groups is 1. The Morgan fingerprint density at radius 2 is 1.89 bits per heavy atom. The Balaban J connectivity index is 1.32. The topological polar surface area (TPSA) is 72.2 Å². The number of anilines is 1. The van der Waals surface area contributed by atoms with Crippen LogP contribution < -0.4 is 14.4 Å². The number of aromatic nitrogens is 3. The van der Waals surface area contributed by atoms with Crippen LogP contribution in [0.25, 0.3) is 5.52 Å². The van der Waals surface area contributed by atoms with E-state index in [0.717, 1.165) is 30.1 Å². The van der Waals surface area contributed by atoms with Crippen molar-refractivity contribution in [1.29, 1.82) is 0 Å². The van der Waals surface area contributed by atoms with E-state index in [4.69, 9.17) is 9.47 Å². The van der Waals surface area contributed by atoms with E-state index in [-0.39, 0.29) is 12.7 Å². The van der Waals surface area contributed by atoms with Crippen LogP contribution in [-0.2, 0) is 0 Å². The van der Waals surface area contributed by atoms with Crippen LogP contribution in [0.4, 0.5) is 5.82 Å². The van der Waals surface area contributed by atoms with Crippen LogP contribution in [0.15, 0.2) is 36.7 Å². The lowest BCUT2D eigenvalue weighted by Gasteiger charge is -2.35. The molecule has 0 saturated carbocycles. The molecular formula is C19H19N5O3. The number of benzene rings is 1. The van der Waals surface area contributed by atoms with E-state index in [1.165, 1.54) is 0 Å². The van der Waals surface area contributed by atoms with Gasteiger partial charge in [-0.15, -0.1) is 0 Å². The van der Waals surface area contributed by atoms with Crippen LogP contribution in [-0.4, -0.2) is 58.4 Å². The van der Waals surface area contributed by atoms with Crippen molar-refractivity contribution < 1.29 is 14.3 Å². The average Bonchev–Trinajstić information content (AvgIpc) is 3.31. The SMILES string of the molecule is Cc1cc2c(N3CCN(C(=O)c4ccc5c(c4)OCO5)CC3)nccn2n1. The van der Waals surface area contributed by atoms with Crippen molar-refractivity contribution in [3.8, 4) is 11.5 Å². The summed E-state index contributed by atoms with van der Waals surface area (Å²) in [6, 6.07) is 7.37. The highest BCUT2D eigenvalue weighted by Gasteiger charge is 2.25. The fourth-order valence-corrected chi connectivity index (χ4v) is 3.61. The Morgan fingerprint density at radius 3 is 2.74 bits per heavy atom. The minimum atomic E-state index is 0.0133. The Bertz CT molecular complexity index is 1020. The predicted octanol–water partition coefficient (Wildman–Crippen LogP) is 1.73. The van der Waals surface area contributed by atoms with Crippen LogP contribution in [0.1, 0.15) is 16.1 Å². The van der Waals surface area contributed by atoms with Crippen LogP contribution in [0.3, 0.4) is 0 Å². The lowest BCUT2D eigenvalue weighted by atomic mass is 10.1. The fraction of sp³-hybridized carbons (Fsp3) is 0.316. The molecular weight excluding hydrogens is 346 g/mol. The molecule has 5 rings (SSSR count). The highest BCUT2D eigenvalue weighted by atomic mass is 16.7. The van der Waals surface area contributed by atoms with Gasteiger partial charge in [0.2, 0.25) is 6.79 Å². The van der Waals surface area contributed by atoms with Gasteiger partial charge in [-0.1, -0.05) is 0 Å². The molecule has 27 heavy (non-hydrogen) atoms. The van der Waals surface area contributed by atoms with Gasteiger partial charge in [-0.25, -0.2) is 9.50 Å². The van der Waals surface area contributed by atoms with E-state index >= 15 is 0 Å². The summed E-state index contributed by atoms with van der Waals surface area (Å²) in [7, 11) is 0. The van der Waals surface area contributed by atoms with Gasteiger partial charge >= 0.3 is 0 Å². The standard InChI is InChI=1S/C19H19N5O3/c1-13-10-15-18(20-4-5-24(15)21-13)22-6-8-23(9-7-22)19(25)14-2-3-16-17(11-14)27-12-26-16/h2-5,10-11H,6-9,12H2,1H3. The summed E-state index contributed by atoms with van der Waals surface area (Å²) in [6.07, 6.45) is 3.62. The number of nitrogens with zero attached hydrogens (tertiary/aromatic N) is 5. The van der Waals surface area contributed by atoms with E-state index < -0.39 is 0 Å². The Kier molecular flexibility index (Phi) is 3.63. The molecule has 2 aromatic heterocycles. The molecule has 1 saturated heterocycles. The number of hydrogen-bond acceptors (Lipinski definition) is 6. The summed E-state index contributed by atoms with van der Waals surface area (Å²) >= 11 is 0. The number of carbonyl (C=O) groups excluding carboxylic acids is 1. The molecule has 8 nitrogen and oxygen atoms in total. The van der Waals surface area contributed by atoms with Crippen molar-refractivity contribution in [2.45, 2.75) is 6.92 Å². The first-order valence-corrected chi connectivity index (χ1v) is 8.94. The molecule has 2 aliphatic rings. The second kappa shape index (κ2) is 6.15. The first kappa shape index (κ1) is 15.9. The van der Waals surface area contributed by atoms with Crippen LogP contribution in [0, 0.1) is 6.92 Å². The number of ether oxygens (including phenoxy) is 2. The number of rotatable bonds is 2. The third kappa shape index (κ3) is 2.73. The number of fused-ring (bicyclic) bond motifs is 2. The molecule has 8 heteroatoms. The first-order valence-electron chi connectivity index (χ1n) is 8.94. The van der Waals surface area contributed by atoms with E-state index in [2.05, 4.69) is 15.0 Å². The average molecular weight is 365 g/mol.